The summed E-state index contributed by atoms with van der Waals surface area (Å²) in [5.74, 6) is 0. The molecule has 0 aromatic heterocycles. The summed E-state index contributed by atoms with van der Waals surface area (Å²) in [5.41, 5.74) is -0.589. The number of rotatable bonds is 1. The molecule has 66 valence electrons. The van der Waals surface area contributed by atoms with Crippen LogP contribution in [-0.2, 0) is 0 Å². The highest BCUT2D eigenvalue weighted by atomic mass is 16.3. The molecule has 0 aliphatic heterocycles. The monoisotopic (exact) mass is 158 g/mol. The Labute approximate surface area is 68.2 Å². The molecule has 2 N–H and O–H groups in total. The van der Waals surface area contributed by atoms with Crippen LogP contribution in [0.1, 0.15) is 34.1 Å². The van der Waals surface area contributed by atoms with Gasteiger partial charge in [-0.25, -0.2) is 0 Å². The lowest BCUT2D eigenvalue weighted by atomic mass is 9.49. The van der Waals surface area contributed by atoms with Gasteiger partial charge >= 0.3 is 0 Å². The molecule has 0 saturated heterocycles. The van der Waals surface area contributed by atoms with Gasteiger partial charge < -0.3 is 10.2 Å². The van der Waals surface area contributed by atoms with Crippen LogP contribution >= 0.6 is 0 Å². The maximum Gasteiger partial charge on any atom is 0.0694 e. The topological polar surface area (TPSA) is 40.5 Å². The fourth-order valence-electron chi connectivity index (χ4n) is 2.29. The summed E-state index contributed by atoms with van der Waals surface area (Å²) in [7, 11) is 0. The van der Waals surface area contributed by atoms with Gasteiger partial charge in [0.15, 0.2) is 0 Å². The van der Waals surface area contributed by atoms with Gasteiger partial charge in [0.25, 0.3) is 0 Å². The van der Waals surface area contributed by atoms with E-state index in [4.69, 9.17) is 0 Å². The van der Waals surface area contributed by atoms with Crippen LogP contribution in [0.3, 0.4) is 0 Å². The number of aliphatic hydroxyl groups is 2. The van der Waals surface area contributed by atoms with Crippen molar-refractivity contribution in [3.8, 4) is 0 Å². The number of hydrogen-bond donors (Lipinski definition) is 2. The quantitative estimate of drug-likeness (QED) is 0.601. The lowest BCUT2D eigenvalue weighted by molar-refractivity contribution is -0.256. The summed E-state index contributed by atoms with van der Waals surface area (Å²) >= 11 is 0. The molecule has 0 aromatic rings. The average Bonchev–Trinajstić information content (AvgIpc) is 2.00. The van der Waals surface area contributed by atoms with E-state index in [0.717, 1.165) is 6.42 Å². The molecule has 2 nitrogen and oxygen atoms in total. The van der Waals surface area contributed by atoms with E-state index in [9.17, 15) is 10.2 Å². The maximum atomic E-state index is 9.71. The minimum atomic E-state index is -0.366. The molecule has 1 aliphatic carbocycles. The predicted octanol–water partition coefficient (Wildman–Crippen LogP) is 1.16. The third kappa shape index (κ3) is 0.859. The van der Waals surface area contributed by atoms with Gasteiger partial charge in [0.2, 0.25) is 0 Å². The number of hydrogen-bond acceptors (Lipinski definition) is 2. The zero-order valence-electron chi connectivity index (χ0n) is 7.76. The molecule has 1 fully saturated rings. The molecule has 1 aliphatic rings. The maximum absolute atomic E-state index is 9.71. The molecule has 0 amide bonds. The van der Waals surface area contributed by atoms with Crippen molar-refractivity contribution in [1.29, 1.82) is 0 Å². The van der Waals surface area contributed by atoms with Crippen molar-refractivity contribution in [3.05, 3.63) is 0 Å². The second-order valence-electron chi connectivity index (χ2n) is 4.49. The molecule has 2 atom stereocenters. The zero-order chi connectivity index (χ0) is 8.86. The lowest BCUT2D eigenvalue weighted by Gasteiger charge is -2.60. The molecule has 0 aromatic carbocycles. The summed E-state index contributed by atoms with van der Waals surface area (Å²) in [6, 6.07) is 0. The van der Waals surface area contributed by atoms with Gasteiger partial charge in [-0.2, -0.15) is 0 Å². The molecule has 0 heterocycles. The van der Waals surface area contributed by atoms with E-state index in [1.165, 1.54) is 0 Å². The third-order valence-electron chi connectivity index (χ3n) is 3.42. The molecule has 2 heteroatoms. The molecule has 0 bridgehead atoms. The second kappa shape index (κ2) is 2.20. The first kappa shape index (κ1) is 9.01. The zero-order valence-corrected chi connectivity index (χ0v) is 7.76. The Balaban J connectivity index is 2.79. The van der Waals surface area contributed by atoms with Crippen molar-refractivity contribution < 1.29 is 10.2 Å². The molecule has 2 unspecified atom stereocenters. The van der Waals surface area contributed by atoms with Crippen LogP contribution in [0.5, 0.6) is 0 Å². The second-order valence-corrected chi connectivity index (χ2v) is 4.49. The molecule has 0 spiro atoms. The van der Waals surface area contributed by atoms with Gasteiger partial charge in [0.05, 0.1) is 12.2 Å². The average molecular weight is 158 g/mol. The van der Waals surface area contributed by atoms with E-state index in [0.29, 0.717) is 0 Å². The largest absolute Gasteiger partial charge is 0.392 e. The Morgan fingerprint density at radius 2 is 1.45 bits per heavy atom. The SMILES string of the molecule is CCC1(C)C(O)C(C)(C)C1O. The van der Waals surface area contributed by atoms with Crippen molar-refractivity contribution in [2.45, 2.75) is 46.3 Å². The Kier molecular flexibility index (Phi) is 1.81. The highest BCUT2D eigenvalue weighted by Crippen LogP contribution is 2.55. The van der Waals surface area contributed by atoms with Crippen LogP contribution in [0.15, 0.2) is 0 Å². The number of aliphatic hydroxyl groups excluding tert-OH is 2. The smallest absolute Gasteiger partial charge is 0.0694 e. The van der Waals surface area contributed by atoms with Crippen molar-refractivity contribution in [2.24, 2.45) is 10.8 Å². The van der Waals surface area contributed by atoms with Crippen LogP contribution in [0.25, 0.3) is 0 Å². The fraction of sp³-hybridized carbons (Fsp3) is 1.00. The Morgan fingerprint density at radius 3 is 1.64 bits per heavy atom. The Hall–Kier alpha value is -0.0800. The minimum Gasteiger partial charge on any atom is -0.392 e. The summed E-state index contributed by atoms with van der Waals surface area (Å²) in [6.07, 6.45) is 0.101. The summed E-state index contributed by atoms with van der Waals surface area (Å²) < 4.78 is 0. The van der Waals surface area contributed by atoms with Gasteiger partial charge in [-0.1, -0.05) is 27.7 Å². The van der Waals surface area contributed by atoms with E-state index in [1.807, 2.05) is 27.7 Å². The summed E-state index contributed by atoms with van der Waals surface area (Å²) in [5, 5.41) is 19.4. The Morgan fingerprint density at radius 1 is 1.09 bits per heavy atom. The van der Waals surface area contributed by atoms with E-state index < -0.39 is 0 Å². The van der Waals surface area contributed by atoms with Gasteiger partial charge in [0, 0.05) is 10.8 Å². The van der Waals surface area contributed by atoms with Gasteiger partial charge in [0.1, 0.15) is 0 Å². The van der Waals surface area contributed by atoms with Crippen molar-refractivity contribution >= 4 is 0 Å². The van der Waals surface area contributed by atoms with Crippen molar-refractivity contribution in [2.75, 3.05) is 0 Å². The van der Waals surface area contributed by atoms with Gasteiger partial charge in [-0.15, -0.1) is 0 Å². The highest BCUT2D eigenvalue weighted by molar-refractivity contribution is 5.11. The standard InChI is InChI=1S/C9H18O2/c1-5-9(4)6(10)8(2,3)7(9)11/h6-7,10-11H,5H2,1-4H3. The Bertz CT molecular complexity index is 151. The lowest BCUT2D eigenvalue weighted by Crippen LogP contribution is -2.68. The van der Waals surface area contributed by atoms with Crippen LogP contribution in [0, 0.1) is 10.8 Å². The highest BCUT2D eigenvalue weighted by Gasteiger charge is 2.62. The van der Waals surface area contributed by atoms with Gasteiger partial charge in [-0.3, -0.25) is 0 Å². The van der Waals surface area contributed by atoms with Crippen LogP contribution < -0.4 is 0 Å². The molecular formula is C9H18O2. The van der Waals surface area contributed by atoms with Crippen LogP contribution in [-0.4, -0.2) is 22.4 Å². The van der Waals surface area contributed by atoms with E-state index >= 15 is 0 Å². The van der Waals surface area contributed by atoms with E-state index in [-0.39, 0.29) is 23.0 Å². The van der Waals surface area contributed by atoms with Gasteiger partial charge in [-0.05, 0) is 6.42 Å². The summed E-state index contributed by atoms with van der Waals surface area (Å²) in [4.78, 5) is 0. The first-order valence-corrected chi connectivity index (χ1v) is 4.23. The molecule has 0 radical (unpaired) electrons. The fourth-order valence-corrected chi connectivity index (χ4v) is 2.29. The third-order valence-corrected chi connectivity index (χ3v) is 3.42. The first-order chi connectivity index (χ1) is 4.87. The molecule has 1 saturated carbocycles. The summed E-state index contributed by atoms with van der Waals surface area (Å²) in [6.45, 7) is 7.74. The molecular weight excluding hydrogens is 140 g/mol. The van der Waals surface area contributed by atoms with Crippen LogP contribution in [0.4, 0.5) is 0 Å². The molecule has 1 rings (SSSR count). The van der Waals surface area contributed by atoms with E-state index in [1.54, 1.807) is 0 Å². The van der Waals surface area contributed by atoms with Crippen molar-refractivity contribution in [3.63, 3.8) is 0 Å². The molecule has 11 heavy (non-hydrogen) atoms. The normalized spacial score (nSPS) is 48.5. The predicted molar refractivity (Wildman–Crippen MR) is 44.2 cm³/mol. The van der Waals surface area contributed by atoms with Crippen molar-refractivity contribution in [1.82, 2.24) is 0 Å². The first-order valence-electron chi connectivity index (χ1n) is 4.23. The minimum absolute atomic E-state index is 0.274. The van der Waals surface area contributed by atoms with E-state index in [2.05, 4.69) is 0 Å². The van der Waals surface area contributed by atoms with Crippen LogP contribution in [0.2, 0.25) is 0 Å².